The smallest absolute Gasteiger partial charge is 0.259 e. The van der Waals surface area contributed by atoms with Gasteiger partial charge in [0, 0.05) is 11.1 Å². The average molecular weight is 442 g/mol. The maximum atomic E-state index is 14.2. The molecule has 6 rings (SSSR count). The number of anilines is 1. The lowest BCUT2D eigenvalue weighted by molar-refractivity contribution is -0.113. The molecule has 0 aromatic heterocycles. The van der Waals surface area contributed by atoms with Gasteiger partial charge in [-0.25, -0.2) is 0 Å². The summed E-state index contributed by atoms with van der Waals surface area (Å²) in [4.78, 5) is 16.2. The number of nitrogens with zero attached hydrogens (tertiary/aromatic N) is 1. The van der Waals surface area contributed by atoms with Crippen LogP contribution in [0, 0.1) is 0 Å². The number of benzene rings is 2. The Bertz CT molecular complexity index is 1360. The van der Waals surface area contributed by atoms with Crippen molar-refractivity contribution in [2.45, 2.75) is 31.7 Å². The monoisotopic (exact) mass is 441 g/mol. The van der Waals surface area contributed by atoms with Gasteiger partial charge in [-0.2, -0.15) is 0 Å². The van der Waals surface area contributed by atoms with Gasteiger partial charge < -0.3 is 0 Å². The summed E-state index contributed by atoms with van der Waals surface area (Å²) in [5.41, 5.74) is 8.78. The molecule has 1 amide bonds. The summed E-state index contributed by atoms with van der Waals surface area (Å²) in [7, 11) is 0. The van der Waals surface area contributed by atoms with Crippen molar-refractivity contribution in [1.29, 1.82) is 0 Å². The Labute approximate surface area is 201 Å². The molecule has 4 aliphatic rings. The lowest BCUT2D eigenvalue weighted by atomic mass is 9.92. The third-order valence-electron chi connectivity index (χ3n) is 7.02. The van der Waals surface area contributed by atoms with E-state index in [2.05, 4.69) is 91.1 Å². The van der Waals surface area contributed by atoms with Gasteiger partial charge in [-0.05, 0) is 65.7 Å². The van der Waals surface area contributed by atoms with Gasteiger partial charge >= 0.3 is 0 Å². The molecular formula is C32H27NO. The number of amides is 1. The van der Waals surface area contributed by atoms with E-state index in [1.54, 1.807) is 0 Å². The Hall–Kier alpha value is -3.91. The van der Waals surface area contributed by atoms with Crippen LogP contribution in [0.2, 0.25) is 0 Å². The Morgan fingerprint density at radius 2 is 1.71 bits per heavy atom. The van der Waals surface area contributed by atoms with Gasteiger partial charge in [0.25, 0.3) is 5.91 Å². The predicted molar refractivity (Wildman–Crippen MR) is 140 cm³/mol. The number of allylic oxidation sites excluding steroid dienone is 11. The maximum Gasteiger partial charge on any atom is 0.259 e. The number of hydrogen-bond donors (Lipinski definition) is 0. The summed E-state index contributed by atoms with van der Waals surface area (Å²) in [6.07, 6.45) is 23.8. The molecular weight excluding hydrogens is 414 g/mol. The molecule has 0 N–H and O–H groups in total. The van der Waals surface area contributed by atoms with E-state index >= 15 is 0 Å². The minimum absolute atomic E-state index is 0.0639. The van der Waals surface area contributed by atoms with Crippen LogP contribution >= 0.6 is 0 Å². The van der Waals surface area contributed by atoms with Crippen LogP contribution in [0.4, 0.5) is 5.69 Å². The molecule has 2 aromatic carbocycles. The standard InChI is InChI=1S/C32H27NO/c34-32-29(22-26-21-20-23-12-4-3-9-17-27(23)26)28-18-10-11-19-30(28)33(32)31(24-13-5-1-6-14-24)25-15-7-2-8-16-25/h1,3,5-7,9-11,13-22,31H,2,4,8,12H2/b29-22-. The molecule has 1 atom stereocenters. The predicted octanol–water partition coefficient (Wildman–Crippen LogP) is 7.58. The van der Waals surface area contributed by atoms with Crippen LogP contribution in [0.25, 0.3) is 5.57 Å². The number of rotatable bonds is 4. The quantitative estimate of drug-likeness (QED) is 0.448. The van der Waals surface area contributed by atoms with Crippen LogP contribution in [-0.4, -0.2) is 5.91 Å². The van der Waals surface area contributed by atoms with Crippen molar-refractivity contribution in [2.75, 3.05) is 4.90 Å². The number of carbonyl (C=O) groups excluding carboxylic acids is 1. The van der Waals surface area contributed by atoms with Crippen molar-refractivity contribution in [3.8, 4) is 0 Å². The highest BCUT2D eigenvalue weighted by Gasteiger charge is 2.39. The largest absolute Gasteiger partial charge is 0.296 e. The molecule has 0 fully saturated rings. The van der Waals surface area contributed by atoms with E-state index < -0.39 is 0 Å². The fourth-order valence-corrected chi connectivity index (χ4v) is 5.38. The van der Waals surface area contributed by atoms with E-state index in [0.29, 0.717) is 0 Å². The molecule has 2 heteroatoms. The van der Waals surface area contributed by atoms with Crippen molar-refractivity contribution in [2.24, 2.45) is 0 Å². The van der Waals surface area contributed by atoms with Gasteiger partial charge in [-0.3, -0.25) is 9.69 Å². The topological polar surface area (TPSA) is 20.3 Å². The summed E-state index contributed by atoms with van der Waals surface area (Å²) in [5.74, 6) is 0.0639. The van der Waals surface area contributed by atoms with Gasteiger partial charge in [-0.15, -0.1) is 0 Å². The molecule has 0 saturated carbocycles. The second-order valence-electron chi connectivity index (χ2n) is 9.11. The third-order valence-corrected chi connectivity index (χ3v) is 7.02. The van der Waals surface area contributed by atoms with Crippen LogP contribution in [0.5, 0.6) is 0 Å². The molecule has 2 nitrogen and oxygen atoms in total. The minimum Gasteiger partial charge on any atom is -0.296 e. The Kier molecular flexibility index (Phi) is 5.35. The van der Waals surface area contributed by atoms with E-state index in [0.717, 1.165) is 53.6 Å². The van der Waals surface area contributed by atoms with E-state index in [4.69, 9.17) is 0 Å². The second-order valence-corrected chi connectivity index (χ2v) is 9.11. The molecule has 0 saturated heterocycles. The van der Waals surface area contributed by atoms with E-state index in [-0.39, 0.29) is 11.9 Å². The van der Waals surface area contributed by atoms with E-state index in [1.165, 1.54) is 16.7 Å². The van der Waals surface area contributed by atoms with Crippen LogP contribution < -0.4 is 4.90 Å². The number of hydrogen-bond acceptors (Lipinski definition) is 1. The highest BCUT2D eigenvalue weighted by molar-refractivity contribution is 6.33. The van der Waals surface area contributed by atoms with Crippen LogP contribution in [0.3, 0.4) is 0 Å². The van der Waals surface area contributed by atoms with Gasteiger partial charge in [0.05, 0.1) is 11.7 Å². The van der Waals surface area contributed by atoms with Crippen molar-refractivity contribution in [1.82, 2.24) is 0 Å². The van der Waals surface area contributed by atoms with Crippen LogP contribution in [0.15, 0.2) is 132 Å². The normalized spacial score (nSPS) is 20.9. The molecule has 166 valence electrons. The van der Waals surface area contributed by atoms with Crippen LogP contribution in [0.1, 0.15) is 42.9 Å². The molecule has 0 radical (unpaired) electrons. The summed E-state index contributed by atoms with van der Waals surface area (Å²) >= 11 is 0. The Balaban J connectivity index is 1.46. The third kappa shape index (κ3) is 3.56. The molecule has 3 aliphatic carbocycles. The first-order valence-corrected chi connectivity index (χ1v) is 12.2. The fourth-order valence-electron chi connectivity index (χ4n) is 5.38. The Morgan fingerprint density at radius 3 is 2.56 bits per heavy atom. The zero-order chi connectivity index (χ0) is 22.9. The van der Waals surface area contributed by atoms with Crippen molar-refractivity contribution in [3.05, 3.63) is 143 Å². The summed E-state index contributed by atoms with van der Waals surface area (Å²) in [5, 5.41) is 0. The summed E-state index contributed by atoms with van der Waals surface area (Å²) < 4.78 is 0. The highest BCUT2D eigenvalue weighted by Crippen LogP contribution is 2.46. The van der Waals surface area contributed by atoms with E-state index in [9.17, 15) is 4.79 Å². The molecule has 34 heavy (non-hydrogen) atoms. The van der Waals surface area contributed by atoms with Crippen molar-refractivity contribution in [3.63, 3.8) is 0 Å². The van der Waals surface area contributed by atoms with Gasteiger partial charge in [-0.1, -0.05) is 97.1 Å². The second kappa shape index (κ2) is 8.79. The molecule has 2 aromatic rings. The zero-order valence-corrected chi connectivity index (χ0v) is 19.2. The molecule has 0 spiro atoms. The zero-order valence-electron chi connectivity index (χ0n) is 19.2. The van der Waals surface area contributed by atoms with Crippen molar-refractivity contribution < 1.29 is 4.79 Å². The van der Waals surface area contributed by atoms with Gasteiger partial charge in [0.1, 0.15) is 0 Å². The Morgan fingerprint density at radius 1 is 0.853 bits per heavy atom. The minimum atomic E-state index is -0.149. The fraction of sp³-hybridized carbons (Fsp3) is 0.156. The maximum absolute atomic E-state index is 14.2. The highest BCUT2D eigenvalue weighted by atomic mass is 16.2. The average Bonchev–Trinajstić information content (AvgIpc) is 3.28. The first kappa shape index (κ1) is 20.7. The van der Waals surface area contributed by atoms with Gasteiger partial charge in [0.2, 0.25) is 0 Å². The molecule has 1 unspecified atom stereocenters. The number of fused-ring (bicyclic) bond motifs is 2. The number of para-hydroxylation sites is 1. The SMILES string of the molecule is O=C1/C(=C\C2=CC=C3CCC=CC=C23)c2ccccc2N1C(C1=CCCC=C1)c1ccccc1. The summed E-state index contributed by atoms with van der Waals surface area (Å²) in [6.45, 7) is 0. The molecule has 0 bridgehead atoms. The summed E-state index contributed by atoms with van der Waals surface area (Å²) in [6, 6.07) is 18.5. The number of carbonyl (C=O) groups is 1. The van der Waals surface area contributed by atoms with Crippen LogP contribution in [-0.2, 0) is 4.79 Å². The first-order valence-electron chi connectivity index (χ1n) is 12.2. The van der Waals surface area contributed by atoms with Gasteiger partial charge in [0.15, 0.2) is 0 Å². The first-order chi connectivity index (χ1) is 16.8. The van der Waals surface area contributed by atoms with E-state index in [1.807, 2.05) is 23.1 Å². The molecule has 1 aliphatic heterocycles. The van der Waals surface area contributed by atoms with Crippen molar-refractivity contribution >= 4 is 17.2 Å². The lowest BCUT2D eigenvalue weighted by Gasteiger charge is -2.31. The molecule has 1 heterocycles. The lowest BCUT2D eigenvalue weighted by Crippen LogP contribution is -2.32.